The minimum Gasteiger partial charge on any atom is -0.402 e. The summed E-state index contributed by atoms with van der Waals surface area (Å²) < 4.78 is 0. The molecule has 0 fully saturated rings. The van der Waals surface area contributed by atoms with Crippen LogP contribution in [-0.4, -0.2) is 11.6 Å². The summed E-state index contributed by atoms with van der Waals surface area (Å²) in [5.41, 5.74) is 9.35. The van der Waals surface area contributed by atoms with Crippen molar-refractivity contribution >= 4 is 17.3 Å². The third kappa shape index (κ3) is 3.20. The van der Waals surface area contributed by atoms with E-state index in [-0.39, 0.29) is 17.2 Å². The highest BCUT2D eigenvalue weighted by Gasteiger charge is 2.14. The van der Waals surface area contributed by atoms with Crippen molar-refractivity contribution in [3.8, 4) is 0 Å². The van der Waals surface area contributed by atoms with Gasteiger partial charge in [0, 0.05) is 17.1 Å². The van der Waals surface area contributed by atoms with Gasteiger partial charge < -0.3 is 16.5 Å². The summed E-state index contributed by atoms with van der Waals surface area (Å²) in [4.78, 5) is 12.0. The number of carbonyl (C=O) groups excluding carboxylic acids is 1. The van der Waals surface area contributed by atoms with E-state index >= 15 is 0 Å². The summed E-state index contributed by atoms with van der Waals surface area (Å²) in [5.74, 6) is -0.342. The van der Waals surface area contributed by atoms with Gasteiger partial charge in [-0.05, 0) is 51.0 Å². The fraction of sp³-hybridized carbons (Fsp3) is 0.286. The van der Waals surface area contributed by atoms with Gasteiger partial charge in [0.15, 0.2) is 0 Å². The van der Waals surface area contributed by atoms with Crippen LogP contribution in [0.2, 0.25) is 0 Å². The van der Waals surface area contributed by atoms with Crippen molar-refractivity contribution < 1.29 is 4.79 Å². The highest BCUT2D eigenvalue weighted by Crippen LogP contribution is 2.15. The first-order valence-electron chi connectivity index (χ1n) is 5.73. The van der Waals surface area contributed by atoms with Gasteiger partial charge in [-0.15, -0.1) is 0 Å². The molecule has 0 aromatic heterocycles. The maximum atomic E-state index is 12.0. The highest BCUT2D eigenvalue weighted by molar-refractivity contribution is 6.24. The first-order valence-corrected chi connectivity index (χ1v) is 5.73. The molecule has 0 atom stereocenters. The molecule has 4 heteroatoms. The van der Waals surface area contributed by atoms with Crippen LogP contribution < -0.4 is 11.1 Å². The van der Waals surface area contributed by atoms with E-state index in [0.29, 0.717) is 11.4 Å². The number of hydrogen-bond acceptors (Lipinski definition) is 3. The number of hydrogen-bond donors (Lipinski definition) is 3. The van der Waals surface area contributed by atoms with Gasteiger partial charge >= 0.3 is 0 Å². The van der Waals surface area contributed by atoms with Crippen LogP contribution in [0.1, 0.15) is 25.0 Å². The first kappa shape index (κ1) is 14.0. The molecule has 0 radical (unpaired) electrons. The first-order chi connectivity index (χ1) is 8.32. The average molecular weight is 245 g/mol. The second-order valence-corrected chi connectivity index (χ2v) is 4.44. The minimum absolute atomic E-state index is 0.163. The van der Waals surface area contributed by atoms with Crippen molar-refractivity contribution in [2.45, 2.75) is 27.7 Å². The van der Waals surface area contributed by atoms with Gasteiger partial charge in [-0.3, -0.25) is 4.79 Å². The van der Waals surface area contributed by atoms with Crippen molar-refractivity contribution in [1.29, 1.82) is 5.41 Å². The van der Waals surface area contributed by atoms with Gasteiger partial charge in [0.2, 0.25) is 0 Å². The number of allylic oxidation sites excluding steroid dienone is 1. The lowest BCUT2D eigenvalue weighted by molar-refractivity contribution is -0.112. The Labute approximate surface area is 107 Å². The molecule has 0 unspecified atom stereocenters. The number of rotatable bonds is 3. The lowest BCUT2D eigenvalue weighted by atomic mass is 10.1. The fourth-order valence-corrected chi connectivity index (χ4v) is 1.66. The van der Waals surface area contributed by atoms with Crippen molar-refractivity contribution in [3.05, 3.63) is 40.6 Å². The molecule has 1 rings (SSSR count). The number of amides is 1. The Morgan fingerprint density at radius 1 is 1.22 bits per heavy atom. The van der Waals surface area contributed by atoms with Crippen molar-refractivity contribution in [2.75, 3.05) is 5.32 Å². The van der Waals surface area contributed by atoms with E-state index in [1.165, 1.54) is 5.56 Å². The van der Waals surface area contributed by atoms with Crippen LogP contribution in [-0.2, 0) is 4.79 Å². The predicted molar refractivity (Wildman–Crippen MR) is 74.8 cm³/mol. The molecule has 0 saturated carbocycles. The zero-order valence-corrected chi connectivity index (χ0v) is 11.2. The van der Waals surface area contributed by atoms with Gasteiger partial charge in [-0.25, -0.2) is 0 Å². The Hall–Kier alpha value is -2.10. The van der Waals surface area contributed by atoms with E-state index in [4.69, 9.17) is 11.1 Å². The molecule has 18 heavy (non-hydrogen) atoms. The molecule has 1 aromatic carbocycles. The molecule has 0 saturated heterocycles. The molecule has 0 aliphatic carbocycles. The molecule has 96 valence electrons. The van der Waals surface area contributed by atoms with Crippen LogP contribution in [0.15, 0.2) is 29.5 Å². The van der Waals surface area contributed by atoms with Crippen LogP contribution in [0.25, 0.3) is 0 Å². The SMILES string of the molecule is CC(=N)C(C(=O)Nc1ccc(C)c(C)c1)=C(C)N. The largest absolute Gasteiger partial charge is 0.402 e. The minimum atomic E-state index is -0.342. The highest BCUT2D eigenvalue weighted by atomic mass is 16.1. The van der Waals surface area contributed by atoms with Crippen molar-refractivity contribution in [3.63, 3.8) is 0 Å². The second kappa shape index (κ2) is 5.49. The Morgan fingerprint density at radius 3 is 2.28 bits per heavy atom. The number of carbonyl (C=O) groups is 1. The smallest absolute Gasteiger partial charge is 0.259 e. The van der Waals surface area contributed by atoms with Gasteiger partial charge in [0.05, 0.1) is 5.57 Å². The second-order valence-electron chi connectivity index (χ2n) is 4.44. The zero-order chi connectivity index (χ0) is 13.9. The Morgan fingerprint density at radius 2 is 1.83 bits per heavy atom. The van der Waals surface area contributed by atoms with Gasteiger partial charge in [-0.1, -0.05) is 6.07 Å². The lowest BCUT2D eigenvalue weighted by Crippen LogP contribution is -2.22. The number of nitrogens with two attached hydrogens (primary N) is 1. The van der Waals surface area contributed by atoms with Crippen LogP contribution >= 0.6 is 0 Å². The van der Waals surface area contributed by atoms with Gasteiger partial charge in [0.1, 0.15) is 0 Å². The van der Waals surface area contributed by atoms with Gasteiger partial charge in [-0.2, -0.15) is 0 Å². The summed E-state index contributed by atoms with van der Waals surface area (Å²) in [7, 11) is 0. The fourth-order valence-electron chi connectivity index (χ4n) is 1.66. The molecule has 0 bridgehead atoms. The zero-order valence-electron chi connectivity index (χ0n) is 11.2. The van der Waals surface area contributed by atoms with E-state index in [1.807, 2.05) is 32.0 Å². The van der Waals surface area contributed by atoms with E-state index in [0.717, 1.165) is 5.56 Å². The molecule has 1 amide bonds. The Balaban J connectivity index is 2.97. The topological polar surface area (TPSA) is 79.0 Å². The maximum absolute atomic E-state index is 12.0. The summed E-state index contributed by atoms with van der Waals surface area (Å²) in [6.07, 6.45) is 0. The monoisotopic (exact) mass is 245 g/mol. The molecular weight excluding hydrogens is 226 g/mol. The average Bonchev–Trinajstić information content (AvgIpc) is 2.22. The normalized spacial score (nSPS) is 11.8. The molecule has 4 nitrogen and oxygen atoms in total. The van der Waals surface area contributed by atoms with Crippen LogP contribution in [0.3, 0.4) is 0 Å². The van der Waals surface area contributed by atoms with Crippen molar-refractivity contribution in [2.24, 2.45) is 5.73 Å². The molecule has 0 aliphatic rings. The third-order valence-electron chi connectivity index (χ3n) is 2.76. The van der Waals surface area contributed by atoms with Crippen molar-refractivity contribution in [1.82, 2.24) is 0 Å². The molecular formula is C14H19N3O. The van der Waals surface area contributed by atoms with E-state index in [1.54, 1.807) is 13.8 Å². The molecule has 4 N–H and O–H groups in total. The summed E-state index contributed by atoms with van der Waals surface area (Å²) in [6.45, 7) is 7.16. The van der Waals surface area contributed by atoms with Crippen LogP contribution in [0.5, 0.6) is 0 Å². The Bertz CT molecular complexity index is 526. The molecule has 0 heterocycles. The molecule has 0 aliphatic heterocycles. The summed E-state index contributed by atoms with van der Waals surface area (Å²) in [6, 6.07) is 5.68. The number of aryl methyl sites for hydroxylation is 2. The number of benzene rings is 1. The van der Waals surface area contributed by atoms with E-state index in [9.17, 15) is 4.79 Å². The van der Waals surface area contributed by atoms with Gasteiger partial charge in [0.25, 0.3) is 5.91 Å². The molecule has 1 aromatic rings. The number of nitrogens with one attached hydrogen (secondary N) is 2. The van der Waals surface area contributed by atoms with E-state index < -0.39 is 0 Å². The molecule has 0 spiro atoms. The van der Waals surface area contributed by atoms with Crippen LogP contribution in [0, 0.1) is 19.3 Å². The lowest BCUT2D eigenvalue weighted by Gasteiger charge is -2.10. The Kier molecular flexibility index (Phi) is 4.26. The third-order valence-corrected chi connectivity index (χ3v) is 2.76. The number of anilines is 1. The predicted octanol–water partition coefficient (Wildman–Crippen LogP) is 2.51. The summed E-state index contributed by atoms with van der Waals surface area (Å²) in [5, 5.41) is 10.3. The quantitative estimate of drug-likeness (QED) is 0.565. The summed E-state index contributed by atoms with van der Waals surface area (Å²) >= 11 is 0. The standard InChI is InChI=1S/C14H19N3O/c1-8-5-6-12(7-9(8)2)17-14(18)13(10(3)15)11(4)16/h5-7,15H,16H2,1-4H3,(H,17,18). The van der Waals surface area contributed by atoms with E-state index in [2.05, 4.69) is 5.32 Å². The van der Waals surface area contributed by atoms with Crippen LogP contribution in [0.4, 0.5) is 5.69 Å². The maximum Gasteiger partial charge on any atom is 0.259 e.